The molecule has 2 aromatic heterocycles. The van der Waals surface area contributed by atoms with E-state index in [4.69, 9.17) is 14.2 Å². The van der Waals surface area contributed by atoms with Crippen molar-refractivity contribution in [1.29, 1.82) is 0 Å². The maximum absolute atomic E-state index is 16.4. The summed E-state index contributed by atoms with van der Waals surface area (Å²) >= 11 is 1.06. The van der Waals surface area contributed by atoms with Crippen LogP contribution < -0.4 is 10.7 Å². The number of aliphatic imine (C=N–C) groups is 1. The van der Waals surface area contributed by atoms with Crippen molar-refractivity contribution in [2.45, 2.75) is 104 Å². The lowest BCUT2D eigenvalue weighted by atomic mass is 9.85. The first-order valence-corrected chi connectivity index (χ1v) is 21.4. The number of benzene rings is 1. The first-order valence-electron chi connectivity index (χ1n) is 20.6. The van der Waals surface area contributed by atoms with Crippen molar-refractivity contribution in [1.82, 2.24) is 30.2 Å². The molecule has 2 fully saturated rings. The van der Waals surface area contributed by atoms with Gasteiger partial charge in [-0.1, -0.05) is 20.4 Å². The summed E-state index contributed by atoms with van der Waals surface area (Å²) in [6.45, 7) is 14.9. The molecule has 15 nitrogen and oxygen atoms in total. The summed E-state index contributed by atoms with van der Waals surface area (Å²) in [6.07, 6.45) is -2.73. The zero-order valence-electron chi connectivity index (χ0n) is 36.6. The minimum atomic E-state index is -4.72. The standard InChI is InChI=1S/C43H57F4N7O8S/c1-25(52-12-14-61-15-13-52)21-48-32(26(2)60-8)18-36-29(20-42(6,7)24-55)27-16-28(30(44)17-35(27)53(36)23-43(45,46)47)34-22-63-37(49-34)19-33(50-40(59)62-41(3,4)5)38(56)54-11-9-10-31(51-54)39(57)58/h16-18,21-22,26,31,33,51,55H,1,9-15,19-20,23-24H2,2-8H3,(H,50,59)(H,57,58)/b32-18+,48-21?/t26-,31-,33-/m0/s1. The molecule has 20 heteroatoms. The summed E-state index contributed by atoms with van der Waals surface area (Å²) in [6, 6.07) is 0.168. The largest absolute Gasteiger partial charge is 0.480 e. The van der Waals surface area contributed by atoms with Gasteiger partial charge in [-0.15, -0.1) is 11.3 Å². The first kappa shape index (κ1) is 49.1. The third-order valence-electron chi connectivity index (χ3n) is 10.5. The SMILES string of the molecule is C=C(C=N/C(=C/c1c(CC(C)(C)CO)c2cc(-c3csc(C[C@H](NC(=O)OC(C)(C)C)C(=O)N4CCC[C@@H](C(=O)O)N4)n3)c(F)cc2n1CC(F)(F)F)[C@H](C)OC)N1CCOCC1. The highest BCUT2D eigenvalue weighted by atomic mass is 32.1. The number of allylic oxidation sites excluding steroid dienone is 1. The second kappa shape index (κ2) is 20.3. The first-order chi connectivity index (χ1) is 29.5. The van der Waals surface area contributed by atoms with Crippen molar-refractivity contribution in [3.8, 4) is 11.3 Å². The molecule has 0 bridgehead atoms. The summed E-state index contributed by atoms with van der Waals surface area (Å²) in [5.41, 5.74) is 2.32. The molecule has 3 atom stereocenters. The summed E-state index contributed by atoms with van der Waals surface area (Å²) in [7, 11) is 1.45. The number of aromatic nitrogens is 2. The third-order valence-corrected chi connectivity index (χ3v) is 11.4. The van der Waals surface area contributed by atoms with E-state index in [0.29, 0.717) is 55.4 Å². The van der Waals surface area contributed by atoms with E-state index < -0.39 is 65.7 Å². The molecule has 346 valence electrons. The number of alkyl halides is 3. The van der Waals surface area contributed by atoms with Gasteiger partial charge in [-0.3, -0.25) is 19.6 Å². The number of nitrogens with zero attached hydrogens (tertiary/aromatic N) is 5. The quantitative estimate of drug-likeness (QED) is 0.0932. The molecule has 4 N–H and O–H groups in total. The molecule has 0 spiro atoms. The van der Waals surface area contributed by atoms with Crippen molar-refractivity contribution in [2.24, 2.45) is 10.4 Å². The Morgan fingerprint density at radius 1 is 1.16 bits per heavy atom. The molecule has 0 saturated carbocycles. The number of carboxylic acid groups (broad SMARTS) is 1. The van der Waals surface area contributed by atoms with Gasteiger partial charge in [-0.2, -0.15) is 13.2 Å². The van der Waals surface area contributed by atoms with Gasteiger partial charge in [0.2, 0.25) is 0 Å². The van der Waals surface area contributed by atoms with Crippen LogP contribution in [0.3, 0.4) is 0 Å². The van der Waals surface area contributed by atoms with Gasteiger partial charge in [0.05, 0.1) is 41.2 Å². The van der Waals surface area contributed by atoms with Crippen LogP contribution in [0.25, 0.3) is 28.2 Å². The highest BCUT2D eigenvalue weighted by Crippen LogP contribution is 2.39. The van der Waals surface area contributed by atoms with E-state index in [-0.39, 0.29) is 59.5 Å². The Kier molecular flexibility index (Phi) is 15.8. The molecule has 2 aliphatic heterocycles. The molecule has 63 heavy (non-hydrogen) atoms. The topological polar surface area (TPSA) is 180 Å². The number of alkyl carbamates (subject to hydrolysis) is 1. The number of rotatable bonds is 16. The van der Waals surface area contributed by atoms with E-state index in [1.165, 1.54) is 30.8 Å². The number of carbonyl (C=O) groups is 3. The lowest BCUT2D eigenvalue weighted by Gasteiger charge is -2.34. The van der Waals surface area contributed by atoms with Crippen LogP contribution in [0.1, 0.15) is 70.6 Å². The van der Waals surface area contributed by atoms with Gasteiger partial charge < -0.3 is 39.2 Å². The number of nitrogens with one attached hydrogen (secondary N) is 2. The monoisotopic (exact) mass is 907 g/mol. The Hall–Kier alpha value is -4.89. The molecule has 0 radical (unpaired) electrons. The molecule has 5 rings (SSSR count). The van der Waals surface area contributed by atoms with Gasteiger partial charge in [0.15, 0.2) is 0 Å². The van der Waals surface area contributed by atoms with E-state index in [2.05, 4.69) is 27.3 Å². The maximum Gasteiger partial charge on any atom is 0.408 e. The average molecular weight is 908 g/mol. The number of carbonyl (C=O) groups excluding carboxylic acids is 2. The number of amides is 2. The second-order valence-electron chi connectivity index (χ2n) is 17.4. The van der Waals surface area contributed by atoms with Crippen molar-refractivity contribution < 1.29 is 56.4 Å². The van der Waals surface area contributed by atoms with E-state index in [1.54, 1.807) is 41.5 Å². The highest BCUT2D eigenvalue weighted by Gasteiger charge is 2.36. The number of fused-ring (bicyclic) bond motifs is 1. The lowest BCUT2D eigenvalue weighted by Crippen LogP contribution is -2.60. The third kappa shape index (κ3) is 13.1. The lowest BCUT2D eigenvalue weighted by molar-refractivity contribution is -0.147. The number of ether oxygens (including phenoxy) is 3. The molecule has 3 aromatic rings. The van der Waals surface area contributed by atoms with Crippen molar-refractivity contribution in [2.75, 3.05) is 46.6 Å². The van der Waals surface area contributed by atoms with Crippen LogP contribution in [0.5, 0.6) is 0 Å². The van der Waals surface area contributed by atoms with Crippen LogP contribution in [-0.4, -0.2) is 130 Å². The van der Waals surface area contributed by atoms with E-state index in [1.807, 2.05) is 4.90 Å². The normalized spacial score (nSPS) is 17.9. The average Bonchev–Trinajstić information content (AvgIpc) is 3.78. The molecule has 4 heterocycles. The number of carboxylic acids is 1. The molecule has 2 saturated heterocycles. The zero-order valence-corrected chi connectivity index (χ0v) is 37.4. The van der Waals surface area contributed by atoms with Gasteiger partial charge >= 0.3 is 18.2 Å². The smallest absolute Gasteiger partial charge is 0.408 e. The molecular weight excluding hydrogens is 851 g/mol. The minimum Gasteiger partial charge on any atom is -0.480 e. The van der Waals surface area contributed by atoms with Gasteiger partial charge in [0, 0.05) is 73.7 Å². The Morgan fingerprint density at radius 2 is 1.86 bits per heavy atom. The molecule has 2 amide bonds. The summed E-state index contributed by atoms with van der Waals surface area (Å²) in [5, 5.41) is 25.8. The Bertz CT molecular complexity index is 2210. The zero-order chi connectivity index (χ0) is 46.4. The van der Waals surface area contributed by atoms with Gasteiger partial charge in [0.25, 0.3) is 5.91 Å². The number of halogens is 4. The Labute approximate surface area is 367 Å². The molecule has 1 aromatic carbocycles. The fourth-order valence-electron chi connectivity index (χ4n) is 7.16. The fourth-order valence-corrected chi connectivity index (χ4v) is 8.00. The van der Waals surface area contributed by atoms with Crippen molar-refractivity contribution in [3.63, 3.8) is 0 Å². The number of aliphatic carboxylic acids is 1. The van der Waals surface area contributed by atoms with Crippen LogP contribution in [0.15, 0.2) is 40.5 Å². The number of aliphatic hydroxyl groups excluding tert-OH is 1. The number of hydrogen-bond donors (Lipinski definition) is 4. The predicted molar refractivity (Wildman–Crippen MR) is 230 cm³/mol. The Balaban J connectivity index is 1.61. The molecular formula is C43H57F4N7O8S. The van der Waals surface area contributed by atoms with Crippen molar-refractivity contribution >= 4 is 52.5 Å². The van der Waals surface area contributed by atoms with Gasteiger partial charge in [-0.05, 0) is 76.1 Å². The maximum atomic E-state index is 16.4. The minimum absolute atomic E-state index is 0.0389. The van der Waals surface area contributed by atoms with Crippen LogP contribution >= 0.6 is 11.3 Å². The van der Waals surface area contributed by atoms with Gasteiger partial charge in [-0.25, -0.2) is 19.6 Å². The van der Waals surface area contributed by atoms with E-state index >= 15 is 4.39 Å². The van der Waals surface area contributed by atoms with Crippen LogP contribution in [0.4, 0.5) is 22.4 Å². The molecule has 0 aliphatic carbocycles. The number of hydrazine groups is 1. The summed E-state index contributed by atoms with van der Waals surface area (Å²) < 4.78 is 77.3. The van der Waals surface area contributed by atoms with Gasteiger partial charge in [0.1, 0.15) is 30.0 Å². The predicted octanol–water partition coefficient (Wildman–Crippen LogP) is 6.34. The number of thiazole rings is 1. The number of methoxy groups -OCH3 is 1. The second-order valence-corrected chi connectivity index (χ2v) is 18.3. The number of morpholine rings is 1. The van der Waals surface area contributed by atoms with Crippen LogP contribution in [0, 0.1) is 11.2 Å². The highest BCUT2D eigenvalue weighted by molar-refractivity contribution is 7.10. The van der Waals surface area contributed by atoms with E-state index in [9.17, 15) is 37.8 Å². The summed E-state index contributed by atoms with van der Waals surface area (Å²) in [4.78, 5) is 49.7. The molecule has 2 aliphatic rings. The van der Waals surface area contributed by atoms with Crippen LogP contribution in [-0.2, 0) is 43.2 Å². The Morgan fingerprint density at radius 3 is 2.48 bits per heavy atom. The van der Waals surface area contributed by atoms with Crippen molar-refractivity contribution in [3.05, 3.63) is 57.6 Å². The number of hydrogen-bond acceptors (Lipinski definition) is 12. The molecule has 0 unspecified atom stereocenters. The number of aliphatic hydroxyl groups is 1. The van der Waals surface area contributed by atoms with E-state index in [0.717, 1.165) is 27.0 Å². The fraction of sp³-hybridized carbons (Fsp3) is 0.558. The van der Waals surface area contributed by atoms with Crippen LogP contribution in [0.2, 0.25) is 0 Å². The summed E-state index contributed by atoms with van der Waals surface area (Å²) in [5.74, 6) is -2.65.